The Morgan fingerprint density at radius 1 is 1.27 bits per heavy atom. The molecule has 110 valence electrons. The summed E-state index contributed by atoms with van der Waals surface area (Å²) >= 11 is 0. The van der Waals surface area contributed by atoms with Crippen molar-refractivity contribution in [2.75, 3.05) is 7.05 Å². The van der Waals surface area contributed by atoms with Crippen LogP contribution in [0.4, 0.5) is 4.39 Å². The van der Waals surface area contributed by atoms with Gasteiger partial charge in [-0.1, -0.05) is 24.3 Å². The first-order chi connectivity index (χ1) is 10.6. The summed E-state index contributed by atoms with van der Waals surface area (Å²) in [5, 5.41) is 8.72. The zero-order valence-electron chi connectivity index (χ0n) is 12.2. The second-order valence-electron chi connectivity index (χ2n) is 4.89. The van der Waals surface area contributed by atoms with Gasteiger partial charge in [0.2, 0.25) is 5.91 Å². The maximum Gasteiger partial charge on any atom is 0.246 e. The second-order valence-corrected chi connectivity index (χ2v) is 4.89. The number of hydrogen-bond acceptors (Lipinski definition) is 2. The van der Waals surface area contributed by atoms with Gasteiger partial charge in [-0.15, -0.1) is 0 Å². The molecule has 4 heteroatoms. The molecule has 3 nitrogen and oxygen atoms in total. The van der Waals surface area contributed by atoms with Gasteiger partial charge in [0.15, 0.2) is 0 Å². The minimum atomic E-state index is -0.313. The van der Waals surface area contributed by atoms with E-state index < -0.39 is 0 Å². The number of likely N-dealkylation sites (N-methyl/N-ethyl adjacent to an activating group) is 1. The molecule has 0 N–H and O–H groups in total. The van der Waals surface area contributed by atoms with Crippen molar-refractivity contribution in [3.63, 3.8) is 0 Å². The molecular formula is C18H15FN2O. The highest BCUT2D eigenvalue weighted by Crippen LogP contribution is 2.08. The average Bonchev–Trinajstić information content (AvgIpc) is 2.53. The van der Waals surface area contributed by atoms with E-state index in [4.69, 9.17) is 5.26 Å². The summed E-state index contributed by atoms with van der Waals surface area (Å²) in [6.07, 6.45) is 3.15. The normalized spacial score (nSPS) is 10.4. The Bertz CT molecular complexity index is 729. The third-order valence-corrected chi connectivity index (χ3v) is 3.14. The number of carbonyl (C=O) groups excluding carboxylic acids is 1. The van der Waals surface area contributed by atoms with Crippen molar-refractivity contribution in [2.24, 2.45) is 0 Å². The second kappa shape index (κ2) is 7.19. The summed E-state index contributed by atoms with van der Waals surface area (Å²) in [4.78, 5) is 13.5. The van der Waals surface area contributed by atoms with Gasteiger partial charge in [-0.05, 0) is 41.5 Å². The molecule has 2 aromatic carbocycles. The van der Waals surface area contributed by atoms with E-state index in [1.165, 1.54) is 23.1 Å². The summed E-state index contributed by atoms with van der Waals surface area (Å²) in [7, 11) is 1.66. The number of hydrogen-bond donors (Lipinski definition) is 0. The molecule has 1 amide bonds. The Morgan fingerprint density at radius 3 is 2.64 bits per heavy atom. The van der Waals surface area contributed by atoms with E-state index in [1.807, 2.05) is 6.07 Å². The molecule has 2 rings (SSSR count). The van der Waals surface area contributed by atoms with Gasteiger partial charge in [-0.3, -0.25) is 4.79 Å². The van der Waals surface area contributed by atoms with Crippen molar-refractivity contribution in [3.05, 3.63) is 77.1 Å². The number of benzene rings is 2. The Kier molecular flexibility index (Phi) is 5.05. The molecule has 0 saturated carbocycles. The number of amides is 1. The number of nitrogens with zero attached hydrogens (tertiary/aromatic N) is 2. The molecule has 22 heavy (non-hydrogen) atoms. The lowest BCUT2D eigenvalue weighted by Gasteiger charge is -2.15. The van der Waals surface area contributed by atoms with E-state index in [9.17, 15) is 9.18 Å². The van der Waals surface area contributed by atoms with E-state index >= 15 is 0 Å². The first-order valence-electron chi connectivity index (χ1n) is 6.76. The molecule has 2 aromatic rings. The Morgan fingerprint density at radius 2 is 2.00 bits per heavy atom. The molecule has 0 radical (unpaired) electrons. The van der Waals surface area contributed by atoms with Gasteiger partial charge < -0.3 is 4.90 Å². The van der Waals surface area contributed by atoms with Gasteiger partial charge in [0, 0.05) is 19.7 Å². The summed E-state index contributed by atoms with van der Waals surface area (Å²) in [6, 6.07) is 15.2. The standard InChI is InChI=1S/C18H15FN2O/c1-21(13-16-3-2-4-17(19)11-16)18(22)10-9-14-5-7-15(12-20)8-6-14/h2-11H,13H2,1H3/b10-9+. The highest BCUT2D eigenvalue weighted by Gasteiger charge is 2.06. The van der Waals surface area contributed by atoms with Crippen LogP contribution in [0, 0.1) is 17.1 Å². The quantitative estimate of drug-likeness (QED) is 0.811. The molecule has 0 aliphatic carbocycles. The van der Waals surface area contributed by atoms with Gasteiger partial charge in [-0.2, -0.15) is 5.26 Å². The van der Waals surface area contributed by atoms with Gasteiger partial charge >= 0.3 is 0 Å². The predicted octanol–water partition coefficient (Wildman–Crippen LogP) is 3.37. The predicted molar refractivity (Wildman–Crippen MR) is 83.1 cm³/mol. The van der Waals surface area contributed by atoms with Crippen molar-refractivity contribution in [1.29, 1.82) is 5.26 Å². The van der Waals surface area contributed by atoms with E-state index in [0.717, 1.165) is 11.1 Å². The highest BCUT2D eigenvalue weighted by molar-refractivity contribution is 5.91. The first kappa shape index (κ1) is 15.5. The molecule has 0 aromatic heterocycles. The molecule has 0 bridgehead atoms. The number of nitriles is 1. The monoisotopic (exact) mass is 294 g/mol. The zero-order valence-corrected chi connectivity index (χ0v) is 12.2. The van der Waals surface area contributed by atoms with Crippen LogP contribution < -0.4 is 0 Å². The van der Waals surface area contributed by atoms with Gasteiger partial charge in [0.1, 0.15) is 5.82 Å². The minimum Gasteiger partial charge on any atom is -0.338 e. The summed E-state index contributed by atoms with van der Waals surface area (Å²) < 4.78 is 13.1. The van der Waals surface area contributed by atoms with Crippen LogP contribution in [-0.2, 0) is 11.3 Å². The van der Waals surface area contributed by atoms with Crippen LogP contribution in [0.5, 0.6) is 0 Å². The lowest BCUT2D eigenvalue weighted by atomic mass is 10.1. The molecule has 0 atom stereocenters. The van der Waals surface area contributed by atoms with E-state index in [-0.39, 0.29) is 11.7 Å². The molecule has 0 aliphatic heterocycles. The molecule has 0 fully saturated rings. The smallest absolute Gasteiger partial charge is 0.246 e. The minimum absolute atomic E-state index is 0.173. The van der Waals surface area contributed by atoms with Crippen LogP contribution in [0.3, 0.4) is 0 Å². The average molecular weight is 294 g/mol. The van der Waals surface area contributed by atoms with Crippen LogP contribution in [-0.4, -0.2) is 17.9 Å². The Balaban J connectivity index is 1.98. The maximum absolute atomic E-state index is 13.1. The van der Waals surface area contributed by atoms with Crippen LogP contribution in [0.2, 0.25) is 0 Å². The van der Waals surface area contributed by atoms with E-state index in [1.54, 1.807) is 49.5 Å². The number of carbonyl (C=O) groups is 1. The molecule has 0 aliphatic rings. The highest BCUT2D eigenvalue weighted by atomic mass is 19.1. The topological polar surface area (TPSA) is 44.1 Å². The van der Waals surface area contributed by atoms with Gasteiger partial charge in [0.25, 0.3) is 0 Å². The Labute approximate surface area is 128 Å². The van der Waals surface area contributed by atoms with Crippen molar-refractivity contribution in [3.8, 4) is 6.07 Å². The fraction of sp³-hybridized carbons (Fsp3) is 0.111. The molecule has 0 heterocycles. The van der Waals surface area contributed by atoms with E-state index in [2.05, 4.69) is 0 Å². The summed E-state index contributed by atoms with van der Waals surface area (Å²) in [5.74, 6) is -0.486. The Hall–Kier alpha value is -2.93. The summed E-state index contributed by atoms with van der Waals surface area (Å²) in [5.41, 5.74) is 2.15. The van der Waals surface area contributed by atoms with Crippen LogP contribution in [0.1, 0.15) is 16.7 Å². The third kappa shape index (κ3) is 4.29. The van der Waals surface area contributed by atoms with Gasteiger partial charge in [-0.25, -0.2) is 4.39 Å². The van der Waals surface area contributed by atoms with Crippen molar-refractivity contribution < 1.29 is 9.18 Å². The lowest BCUT2D eigenvalue weighted by Crippen LogP contribution is -2.24. The molecule has 0 saturated heterocycles. The SMILES string of the molecule is CN(Cc1cccc(F)c1)C(=O)/C=C/c1ccc(C#N)cc1. The third-order valence-electron chi connectivity index (χ3n) is 3.14. The van der Waals surface area contributed by atoms with Crippen molar-refractivity contribution >= 4 is 12.0 Å². The summed E-state index contributed by atoms with van der Waals surface area (Å²) in [6.45, 7) is 0.342. The first-order valence-corrected chi connectivity index (χ1v) is 6.76. The van der Waals surface area contributed by atoms with E-state index in [0.29, 0.717) is 12.1 Å². The molecular weight excluding hydrogens is 279 g/mol. The lowest BCUT2D eigenvalue weighted by molar-refractivity contribution is -0.125. The largest absolute Gasteiger partial charge is 0.338 e. The van der Waals surface area contributed by atoms with Crippen LogP contribution in [0.15, 0.2) is 54.6 Å². The molecule has 0 unspecified atom stereocenters. The number of rotatable bonds is 4. The maximum atomic E-state index is 13.1. The molecule has 0 spiro atoms. The van der Waals surface area contributed by atoms with Crippen molar-refractivity contribution in [1.82, 2.24) is 4.90 Å². The van der Waals surface area contributed by atoms with Crippen molar-refractivity contribution in [2.45, 2.75) is 6.54 Å². The zero-order chi connectivity index (χ0) is 15.9. The fourth-order valence-corrected chi connectivity index (χ4v) is 1.95. The van der Waals surface area contributed by atoms with Crippen LogP contribution in [0.25, 0.3) is 6.08 Å². The van der Waals surface area contributed by atoms with Crippen LogP contribution >= 0.6 is 0 Å². The fourth-order valence-electron chi connectivity index (χ4n) is 1.95. The van der Waals surface area contributed by atoms with Gasteiger partial charge in [0.05, 0.1) is 11.6 Å². The number of halogens is 1.